The molecule has 11 nitrogen and oxygen atoms in total. The van der Waals surface area contributed by atoms with Gasteiger partial charge in [-0.3, -0.25) is 19.2 Å². The van der Waals surface area contributed by atoms with Crippen molar-refractivity contribution in [2.24, 2.45) is 5.73 Å². The van der Waals surface area contributed by atoms with Gasteiger partial charge in [0.25, 0.3) is 0 Å². The SMILES string of the molecule is CSCCC(NC(=O)C(CCC(=O)O)NC(=O)C(CCSC)NC(=O)C(N)CS)C(=O)O. The van der Waals surface area contributed by atoms with Crippen LogP contribution in [0.4, 0.5) is 0 Å². The van der Waals surface area contributed by atoms with E-state index in [1.807, 2.05) is 6.26 Å². The van der Waals surface area contributed by atoms with E-state index in [9.17, 15) is 29.1 Å². The predicted molar refractivity (Wildman–Crippen MR) is 128 cm³/mol. The summed E-state index contributed by atoms with van der Waals surface area (Å²) in [5.41, 5.74) is 5.64. The maximum Gasteiger partial charge on any atom is 0.326 e. The molecule has 184 valence electrons. The fourth-order valence-electron chi connectivity index (χ4n) is 2.44. The average Bonchev–Trinajstić information content (AvgIpc) is 2.75. The lowest BCUT2D eigenvalue weighted by Crippen LogP contribution is -2.57. The molecule has 0 fully saturated rings. The van der Waals surface area contributed by atoms with Gasteiger partial charge in [-0.2, -0.15) is 36.2 Å². The Bertz CT molecular complexity index is 654. The molecule has 0 aliphatic carbocycles. The minimum Gasteiger partial charge on any atom is -0.481 e. The molecule has 7 N–H and O–H groups in total. The van der Waals surface area contributed by atoms with Crippen molar-refractivity contribution in [3.63, 3.8) is 0 Å². The van der Waals surface area contributed by atoms with Crippen LogP contribution in [0, 0.1) is 0 Å². The first-order valence-electron chi connectivity index (χ1n) is 9.77. The van der Waals surface area contributed by atoms with E-state index in [-0.39, 0.29) is 25.0 Å². The van der Waals surface area contributed by atoms with E-state index >= 15 is 0 Å². The van der Waals surface area contributed by atoms with Crippen molar-refractivity contribution < 1.29 is 34.2 Å². The van der Waals surface area contributed by atoms with Crippen molar-refractivity contribution in [1.82, 2.24) is 16.0 Å². The van der Waals surface area contributed by atoms with Crippen LogP contribution in [0.1, 0.15) is 25.7 Å². The van der Waals surface area contributed by atoms with Crippen LogP contribution in [-0.4, -0.2) is 93.8 Å². The first-order chi connectivity index (χ1) is 15.1. The molecule has 0 heterocycles. The molecular formula is C18H32N4O7S3. The summed E-state index contributed by atoms with van der Waals surface area (Å²) in [5, 5.41) is 25.6. The van der Waals surface area contributed by atoms with E-state index in [4.69, 9.17) is 10.8 Å². The zero-order valence-corrected chi connectivity index (χ0v) is 20.6. The van der Waals surface area contributed by atoms with Gasteiger partial charge in [0.1, 0.15) is 18.1 Å². The number of carbonyl (C=O) groups excluding carboxylic acids is 3. The highest BCUT2D eigenvalue weighted by atomic mass is 32.2. The number of carbonyl (C=O) groups is 5. The second-order valence-corrected chi connectivity index (χ2v) is 9.14. The van der Waals surface area contributed by atoms with Gasteiger partial charge in [-0.15, -0.1) is 0 Å². The summed E-state index contributed by atoms with van der Waals surface area (Å²) < 4.78 is 0. The minimum absolute atomic E-state index is 0.0684. The third-order valence-corrected chi connectivity index (χ3v) is 5.96. The van der Waals surface area contributed by atoms with Gasteiger partial charge in [0.15, 0.2) is 0 Å². The minimum atomic E-state index is -1.29. The molecular weight excluding hydrogens is 480 g/mol. The summed E-state index contributed by atoms with van der Waals surface area (Å²) in [6.45, 7) is 0. The van der Waals surface area contributed by atoms with Gasteiger partial charge in [0.2, 0.25) is 17.7 Å². The van der Waals surface area contributed by atoms with E-state index in [2.05, 4.69) is 28.6 Å². The molecule has 0 rings (SSSR count). The number of amides is 3. The number of thioether (sulfide) groups is 2. The highest BCUT2D eigenvalue weighted by Crippen LogP contribution is 2.07. The van der Waals surface area contributed by atoms with Crippen molar-refractivity contribution in [1.29, 1.82) is 0 Å². The zero-order valence-electron chi connectivity index (χ0n) is 18.0. The number of nitrogens with one attached hydrogen (secondary N) is 3. The Hall–Kier alpha value is -1.64. The highest BCUT2D eigenvalue weighted by Gasteiger charge is 2.30. The summed E-state index contributed by atoms with van der Waals surface area (Å²) in [6.07, 6.45) is 3.35. The lowest BCUT2D eigenvalue weighted by Gasteiger charge is -2.25. The molecule has 0 spiro atoms. The van der Waals surface area contributed by atoms with E-state index < -0.39 is 60.2 Å². The van der Waals surface area contributed by atoms with E-state index in [0.29, 0.717) is 11.5 Å². The van der Waals surface area contributed by atoms with Crippen LogP contribution in [0.15, 0.2) is 0 Å². The van der Waals surface area contributed by atoms with Crippen molar-refractivity contribution >= 4 is 65.8 Å². The average molecular weight is 513 g/mol. The molecule has 0 saturated carbocycles. The first-order valence-corrected chi connectivity index (χ1v) is 13.2. The van der Waals surface area contributed by atoms with E-state index in [1.165, 1.54) is 23.5 Å². The molecule has 0 radical (unpaired) electrons. The van der Waals surface area contributed by atoms with E-state index in [1.54, 1.807) is 6.26 Å². The molecule has 0 bridgehead atoms. The normalized spacial score (nSPS) is 14.5. The Morgan fingerprint density at radius 2 is 1.25 bits per heavy atom. The van der Waals surface area contributed by atoms with Gasteiger partial charge in [0.05, 0.1) is 6.04 Å². The van der Waals surface area contributed by atoms with Crippen molar-refractivity contribution in [2.75, 3.05) is 29.8 Å². The lowest BCUT2D eigenvalue weighted by atomic mass is 10.1. The Morgan fingerprint density at radius 1 is 0.812 bits per heavy atom. The Morgan fingerprint density at radius 3 is 1.69 bits per heavy atom. The van der Waals surface area contributed by atoms with Crippen LogP contribution in [0.3, 0.4) is 0 Å². The number of nitrogens with two attached hydrogens (primary N) is 1. The first kappa shape index (κ1) is 30.4. The van der Waals surface area contributed by atoms with Crippen molar-refractivity contribution in [3.8, 4) is 0 Å². The molecule has 0 aromatic rings. The van der Waals surface area contributed by atoms with Gasteiger partial charge in [-0.05, 0) is 43.3 Å². The molecule has 0 aliphatic heterocycles. The summed E-state index contributed by atoms with van der Waals surface area (Å²) >= 11 is 6.81. The molecule has 3 amide bonds. The number of hydrogen-bond acceptors (Lipinski definition) is 9. The molecule has 0 saturated heterocycles. The van der Waals surface area contributed by atoms with Crippen LogP contribution in [0.25, 0.3) is 0 Å². The van der Waals surface area contributed by atoms with Crippen LogP contribution < -0.4 is 21.7 Å². The van der Waals surface area contributed by atoms with Crippen LogP contribution in [0.2, 0.25) is 0 Å². The molecule has 4 unspecified atom stereocenters. The highest BCUT2D eigenvalue weighted by molar-refractivity contribution is 7.98. The number of hydrogen-bond donors (Lipinski definition) is 7. The maximum absolute atomic E-state index is 12.8. The number of carboxylic acid groups (broad SMARTS) is 2. The van der Waals surface area contributed by atoms with Gasteiger partial charge in [-0.1, -0.05) is 0 Å². The summed E-state index contributed by atoms with van der Waals surface area (Å²) in [6, 6.07) is -4.41. The van der Waals surface area contributed by atoms with Crippen molar-refractivity contribution in [2.45, 2.75) is 49.9 Å². The molecule has 0 aromatic heterocycles. The third-order valence-electron chi connectivity index (χ3n) is 4.28. The Balaban J connectivity index is 5.44. The number of rotatable bonds is 17. The number of aliphatic carboxylic acids is 2. The third kappa shape index (κ3) is 12.4. The number of thiol groups is 1. The van der Waals surface area contributed by atoms with Crippen molar-refractivity contribution in [3.05, 3.63) is 0 Å². The van der Waals surface area contributed by atoms with Crippen LogP contribution in [-0.2, 0) is 24.0 Å². The van der Waals surface area contributed by atoms with Crippen LogP contribution in [0.5, 0.6) is 0 Å². The van der Waals surface area contributed by atoms with Crippen LogP contribution >= 0.6 is 36.2 Å². The molecule has 0 aliphatic rings. The van der Waals surface area contributed by atoms with E-state index in [0.717, 1.165) is 0 Å². The second-order valence-electron chi connectivity index (χ2n) is 6.81. The van der Waals surface area contributed by atoms with Gasteiger partial charge in [-0.25, -0.2) is 4.79 Å². The Kier molecular flexibility index (Phi) is 16.1. The Labute approximate surface area is 201 Å². The molecule has 4 atom stereocenters. The van der Waals surface area contributed by atoms with Gasteiger partial charge in [0, 0.05) is 12.2 Å². The largest absolute Gasteiger partial charge is 0.481 e. The number of carboxylic acids is 2. The zero-order chi connectivity index (χ0) is 24.7. The summed E-state index contributed by atoms with van der Waals surface area (Å²) in [5.74, 6) is -3.43. The predicted octanol–water partition coefficient (Wildman–Crippen LogP) is -0.846. The monoisotopic (exact) mass is 512 g/mol. The molecule has 0 aromatic carbocycles. The summed E-state index contributed by atoms with van der Waals surface area (Å²) in [4.78, 5) is 60.0. The fraction of sp³-hybridized carbons (Fsp3) is 0.722. The van der Waals surface area contributed by atoms with Gasteiger partial charge < -0.3 is 31.9 Å². The standard InChI is InChI=1S/C18H32N4O7S3/c1-31-7-5-12(20-15(25)10(19)9-30)17(27)21-11(3-4-14(23)24)16(26)22-13(18(28)29)6-8-32-2/h10-13,30H,3-9,19H2,1-2H3,(H,20,25)(H,21,27)(H,22,26)(H,23,24)(H,28,29). The fourth-order valence-corrected chi connectivity index (χ4v) is 3.55. The maximum atomic E-state index is 12.8. The molecule has 14 heteroatoms. The second kappa shape index (κ2) is 16.9. The topological polar surface area (TPSA) is 188 Å². The molecule has 32 heavy (non-hydrogen) atoms. The summed E-state index contributed by atoms with van der Waals surface area (Å²) in [7, 11) is 0. The smallest absolute Gasteiger partial charge is 0.326 e. The van der Waals surface area contributed by atoms with Gasteiger partial charge >= 0.3 is 11.9 Å². The quantitative estimate of drug-likeness (QED) is 0.121. The lowest BCUT2D eigenvalue weighted by molar-refractivity contribution is -0.143.